The van der Waals surface area contributed by atoms with Gasteiger partial charge in [0.15, 0.2) is 0 Å². The predicted octanol–water partition coefficient (Wildman–Crippen LogP) is 1.17. The summed E-state index contributed by atoms with van der Waals surface area (Å²) < 4.78 is 0. The quantitative estimate of drug-likeness (QED) is 0.675. The minimum absolute atomic E-state index is 0.106. The number of amides is 2. The van der Waals surface area contributed by atoms with Gasteiger partial charge in [0.05, 0.1) is 0 Å². The van der Waals surface area contributed by atoms with Crippen LogP contribution in [0.15, 0.2) is 11.6 Å². The SMILES string of the molecule is CC(C)=CCN1C(=O)C2CCCN2C(=O)C1C. The number of nitrogens with zero attached hydrogens (tertiary/aromatic N) is 2. The third-order valence-corrected chi connectivity index (χ3v) is 3.63. The average Bonchev–Trinajstić information content (AvgIpc) is 2.75. The van der Waals surface area contributed by atoms with Crippen molar-refractivity contribution in [1.82, 2.24) is 9.80 Å². The molecule has 4 nitrogen and oxygen atoms in total. The van der Waals surface area contributed by atoms with E-state index in [-0.39, 0.29) is 23.9 Å². The molecule has 0 aliphatic carbocycles. The summed E-state index contributed by atoms with van der Waals surface area (Å²) in [5, 5.41) is 0. The van der Waals surface area contributed by atoms with Crippen LogP contribution in [0.5, 0.6) is 0 Å². The molecule has 0 bridgehead atoms. The van der Waals surface area contributed by atoms with Crippen molar-refractivity contribution >= 4 is 11.8 Å². The molecule has 94 valence electrons. The second-order valence-electron chi connectivity index (χ2n) is 5.14. The standard InChI is InChI=1S/C13H20N2O2/c1-9(2)6-8-14-10(3)12(16)15-7-4-5-11(15)13(14)17/h6,10-11H,4-5,7-8H2,1-3H3. The van der Waals surface area contributed by atoms with E-state index in [9.17, 15) is 9.59 Å². The number of hydrogen-bond donors (Lipinski definition) is 0. The Morgan fingerprint density at radius 3 is 2.71 bits per heavy atom. The van der Waals surface area contributed by atoms with Crippen LogP contribution in [0.1, 0.15) is 33.6 Å². The van der Waals surface area contributed by atoms with Crippen LogP contribution in [0.25, 0.3) is 0 Å². The Hall–Kier alpha value is -1.32. The molecule has 17 heavy (non-hydrogen) atoms. The van der Waals surface area contributed by atoms with Crippen molar-refractivity contribution in [3.05, 3.63) is 11.6 Å². The summed E-state index contributed by atoms with van der Waals surface area (Å²) in [6.45, 7) is 7.13. The lowest BCUT2D eigenvalue weighted by molar-refractivity contribution is -0.157. The third kappa shape index (κ3) is 2.08. The normalized spacial score (nSPS) is 28.4. The molecule has 2 saturated heterocycles. The van der Waals surface area contributed by atoms with E-state index >= 15 is 0 Å². The summed E-state index contributed by atoms with van der Waals surface area (Å²) >= 11 is 0. The number of hydrogen-bond acceptors (Lipinski definition) is 2. The molecule has 0 aromatic carbocycles. The molecule has 2 unspecified atom stereocenters. The monoisotopic (exact) mass is 236 g/mol. The van der Waals surface area contributed by atoms with Gasteiger partial charge in [-0.25, -0.2) is 0 Å². The van der Waals surface area contributed by atoms with E-state index < -0.39 is 0 Å². The molecule has 0 saturated carbocycles. The van der Waals surface area contributed by atoms with Crippen LogP contribution in [-0.4, -0.2) is 46.8 Å². The van der Waals surface area contributed by atoms with E-state index in [4.69, 9.17) is 0 Å². The van der Waals surface area contributed by atoms with Gasteiger partial charge in [0.2, 0.25) is 11.8 Å². The van der Waals surface area contributed by atoms with Crippen LogP contribution in [-0.2, 0) is 9.59 Å². The molecule has 0 radical (unpaired) electrons. The Labute approximate surface area is 102 Å². The summed E-state index contributed by atoms with van der Waals surface area (Å²) in [4.78, 5) is 27.9. The Morgan fingerprint density at radius 2 is 2.06 bits per heavy atom. The van der Waals surface area contributed by atoms with E-state index in [2.05, 4.69) is 0 Å². The van der Waals surface area contributed by atoms with Crippen LogP contribution in [0.2, 0.25) is 0 Å². The van der Waals surface area contributed by atoms with Crippen molar-refractivity contribution in [2.45, 2.75) is 45.7 Å². The van der Waals surface area contributed by atoms with Gasteiger partial charge in [0.25, 0.3) is 0 Å². The molecule has 2 aliphatic heterocycles. The van der Waals surface area contributed by atoms with Crippen molar-refractivity contribution in [2.24, 2.45) is 0 Å². The molecule has 2 aliphatic rings. The van der Waals surface area contributed by atoms with Gasteiger partial charge in [-0.3, -0.25) is 9.59 Å². The maximum atomic E-state index is 12.3. The van der Waals surface area contributed by atoms with Crippen LogP contribution < -0.4 is 0 Å². The smallest absolute Gasteiger partial charge is 0.246 e. The zero-order valence-corrected chi connectivity index (χ0v) is 10.8. The van der Waals surface area contributed by atoms with E-state index in [0.717, 1.165) is 19.4 Å². The molecule has 0 aromatic heterocycles. The lowest BCUT2D eigenvalue weighted by Crippen LogP contribution is -2.61. The summed E-state index contributed by atoms with van der Waals surface area (Å²) in [5.41, 5.74) is 1.17. The van der Waals surface area contributed by atoms with Gasteiger partial charge < -0.3 is 9.80 Å². The Kier molecular flexibility index (Phi) is 3.22. The highest BCUT2D eigenvalue weighted by atomic mass is 16.2. The zero-order valence-electron chi connectivity index (χ0n) is 10.8. The fourth-order valence-electron chi connectivity index (χ4n) is 2.57. The molecule has 0 N–H and O–H groups in total. The maximum Gasteiger partial charge on any atom is 0.246 e. The van der Waals surface area contributed by atoms with Gasteiger partial charge in [0.1, 0.15) is 12.1 Å². The topological polar surface area (TPSA) is 40.6 Å². The molecule has 2 rings (SSSR count). The largest absolute Gasteiger partial charge is 0.329 e. The molecule has 2 amide bonds. The first-order chi connectivity index (χ1) is 8.02. The highest BCUT2D eigenvalue weighted by Crippen LogP contribution is 2.26. The van der Waals surface area contributed by atoms with E-state index in [1.54, 1.807) is 9.80 Å². The summed E-state index contributed by atoms with van der Waals surface area (Å²) in [5.74, 6) is 0.223. The van der Waals surface area contributed by atoms with Gasteiger partial charge in [-0.1, -0.05) is 11.6 Å². The molecule has 2 atom stereocenters. The number of carbonyl (C=O) groups is 2. The predicted molar refractivity (Wildman–Crippen MR) is 65.3 cm³/mol. The molecular formula is C13H20N2O2. The Balaban J connectivity index is 2.18. The molecular weight excluding hydrogens is 216 g/mol. The van der Waals surface area contributed by atoms with Crippen molar-refractivity contribution < 1.29 is 9.59 Å². The number of allylic oxidation sites excluding steroid dienone is 1. The Bertz CT molecular complexity index is 372. The third-order valence-electron chi connectivity index (χ3n) is 3.63. The van der Waals surface area contributed by atoms with Gasteiger partial charge in [-0.2, -0.15) is 0 Å². The van der Waals surface area contributed by atoms with E-state index in [0.29, 0.717) is 6.54 Å². The lowest BCUT2D eigenvalue weighted by atomic mass is 10.1. The first-order valence-electron chi connectivity index (χ1n) is 6.26. The van der Waals surface area contributed by atoms with E-state index in [1.807, 2.05) is 26.8 Å². The Morgan fingerprint density at radius 1 is 1.35 bits per heavy atom. The average molecular weight is 236 g/mol. The number of rotatable bonds is 2. The van der Waals surface area contributed by atoms with Crippen molar-refractivity contribution in [1.29, 1.82) is 0 Å². The van der Waals surface area contributed by atoms with Crippen molar-refractivity contribution in [3.8, 4) is 0 Å². The highest BCUT2D eigenvalue weighted by molar-refractivity contribution is 5.97. The van der Waals surface area contributed by atoms with Crippen LogP contribution in [0.3, 0.4) is 0 Å². The minimum Gasteiger partial charge on any atom is -0.329 e. The molecule has 2 fully saturated rings. The first-order valence-corrected chi connectivity index (χ1v) is 6.26. The minimum atomic E-state index is -0.313. The molecule has 2 heterocycles. The molecule has 0 aromatic rings. The lowest BCUT2D eigenvalue weighted by Gasteiger charge is -2.40. The fraction of sp³-hybridized carbons (Fsp3) is 0.692. The van der Waals surface area contributed by atoms with Crippen LogP contribution in [0, 0.1) is 0 Å². The maximum absolute atomic E-state index is 12.3. The first kappa shape index (κ1) is 12.1. The van der Waals surface area contributed by atoms with Crippen LogP contribution in [0.4, 0.5) is 0 Å². The number of carbonyl (C=O) groups excluding carboxylic acids is 2. The second kappa shape index (κ2) is 4.51. The second-order valence-corrected chi connectivity index (χ2v) is 5.14. The molecule has 4 heteroatoms. The molecule has 0 spiro atoms. The zero-order chi connectivity index (χ0) is 12.6. The van der Waals surface area contributed by atoms with Crippen molar-refractivity contribution in [3.63, 3.8) is 0 Å². The summed E-state index contributed by atoms with van der Waals surface area (Å²) in [7, 11) is 0. The fourth-order valence-corrected chi connectivity index (χ4v) is 2.57. The summed E-state index contributed by atoms with van der Waals surface area (Å²) in [6, 6.07) is -0.503. The highest BCUT2D eigenvalue weighted by Gasteiger charge is 2.45. The van der Waals surface area contributed by atoms with Gasteiger partial charge in [-0.15, -0.1) is 0 Å². The van der Waals surface area contributed by atoms with Crippen LogP contribution >= 0.6 is 0 Å². The van der Waals surface area contributed by atoms with Gasteiger partial charge >= 0.3 is 0 Å². The number of piperazine rings is 1. The van der Waals surface area contributed by atoms with Crippen molar-refractivity contribution in [2.75, 3.05) is 13.1 Å². The van der Waals surface area contributed by atoms with Gasteiger partial charge in [-0.05, 0) is 33.6 Å². The summed E-state index contributed by atoms with van der Waals surface area (Å²) in [6.07, 6.45) is 3.78. The van der Waals surface area contributed by atoms with Gasteiger partial charge in [0, 0.05) is 13.1 Å². The van der Waals surface area contributed by atoms with E-state index in [1.165, 1.54) is 5.57 Å². The number of fused-ring (bicyclic) bond motifs is 1.